The first-order chi connectivity index (χ1) is 6.76. The molecule has 0 saturated heterocycles. The van der Waals surface area contributed by atoms with Crippen LogP contribution in [-0.4, -0.2) is 44.3 Å². The quantitative estimate of drug-likeness (QED) is 0.569. The minimum absolute atomic E-state index is 0.562. The molecule has 0 spiro atoms. The van der Waals surface area contributed by atoms with E-state index in [0.29, 0.717) is 6.04 Å². The van der Waals surface area contributed by atoms with Crippen LogP contribution in [0, 0.1) is 0 Å². The summed E-state index contributed by atoms with van der Waals surface area (Å²) in [6, 6.07) is 0.562. The van der Waals surface area contributed by atoms with Crippen LogP contribution in [0.5, 0.6) is 0 Å². The number of rotatable bonds is 9. The summed E-state index contributed by atoms with van der Waals surface area (Å²) in [7, 11) is 1.73. The zero-order valence-corrected chi connectivity index (χ0v) is 9.54. The highest BCUT2D eigenvalue weighted by Crippen LogP contribution is 2.05. The summed E-state index contributed by atoms with van der Waals surface area (Å²) in [6.07, 6.45) is 4.17. The maximum Gasteiger partial charge on any atom is 0.0589 e. The predicted octanol–water partition coefficient (Wildman–Crippen LogP) is 1.25. The lowest BCUT2D eigenvalue weighted by molar-refractivity contribution is 0.130. The van der Waals surface area contributed by atoms with E-state index in [1.807, 2.05) is 6.08 Å². The zero-order chi connectivity index (χ0) is 10.8. The fraction of sp³-hybridized carbons (Fsp3) is 0.818. The highest BCUT2D eigenvalue weighted by atomic mass is 16.5. The van der Waals surface area contributed by atoms with E-state index in [9.17, 15) is 0 Å². The monoisotopic (exact) mass is 200 g/mol. The Bertz CT molecular complexity index is 139. The molecule has 0 aromatic carbocycles. The highest BCUT2D eigenvalue weighted by molar-refractivity contribution is 4.77. The van der Waals surface area contributed by atoms with Crippen LogP contribution in [0.25, 0.3) is 0 Å². The van der Waals surface area contributed by atoms with Crippen LogP contribution in [0.2, 0.25) is 0 Å². The first-order valence-corrected chi connectivity index (χ1v) is 5.30. The van der Waals surface area contributed by atoms with Crippen molar-refractivity contribution in [3.63, 3.8) is 0 Å². The second-order valence-electron chi connectivity index (χ2n) is 3.56. The van der Waals surface area contributed by atoms with Crippen molar-refractivity contribution in [2.75, 3.05) is 33.4 Å². The number of hydrogen-bond acceptors (Lipinski definition) is 3. The molecule has 0 aliphatic heterocycles. The number of hydrogen-bond donors (Lipinski definition) is 1. The van der Waals surface area contributed by atoms with Gasteiger partial charge in [-0.2, -0.15) is 0 Å². The molecule has 14 heavy (non-hydrogen) atoms. The molecule has 1 atom stereocenters. The molecule has 0 saturated carbocycles. The normalized spacial score (nSPS) is 13.1. The van der Waals surface area contributed by atoms with Crippen LogP contribution in [0.1, 0.15) is 19.8 Å². The second kappa shape index (κ2) is 9.19. The van der Waals surface area contributed by atoms with Gasteiger partial charge in [-0.05, 0) is 26.3 Å². The molecule has 3 nitrogen and oxygen atoms in total. The fourth-order valence-corrected chi connectivity index (χ4v) is 1.46. The third kappa shape index (κ3) is 6.13. The van der Waals surface area contributed by atoms with E-state index in [2.05, 4.69) is 18.4 Å². The minimum atomic E-state index is 0.562. The summed E-state index contributed by atoms with van der Waals surface area (Å²) in [5.41, 5.74) is 5.49. The Morgan fingerprint density at radius 2 is 2.29 bits per heavy atom. The Balaban J connectivity index is 3.83. The third-order valence-corrected chi connectivity index (χ3v) is 2.40. The number of nitrogens with two attached hydrogens (primary N) is 1. The van der Waals surface area contributed by atoms with Gasteiger partial charge in [0.25, 0.3) is 0 Å². The van der Waals surface area contributed by atoms with Gasteiger partial charge < -0.3 is 10.5 Å². The van der Waals surface area contributed by atoms with E-state index in [1.54, 1.807) is 7.11 Å². The summed E-state index contributed by atoms with van der Waals surface area (Å²) in [5.74, 6) is 0. The summed E-state index contributed by atoms with van der Waals surface area (Å²) in [5, 5.41) is 0. The van der Waals surface area contributed by atoms with Gasteiger partial charge in [-0.3, -0.25) is 4.90 Å². The molecule has 3 heteroatoms. The molecular weight excluding hydrogens is 176 g/mol. The number of nitrogens with zero attached hydrogens (tertiary/aromatic N) is 1. The van der Waals surface area contributed by atoms with Crippen LogP contribution in [-0.2, 0) is 4.74 Å². The standard InChI is InChI=1S/C11H24N2O/c1-4-8-13(9-10-14-3)11(2)6-5-7-12/h4,11H,1,5-10,12H2,2-3H3. The van der Waals surface area contributed by atoms with E-state index < -0.39 is 0 Å². The average Bonchev–Trinajstić information content (AvgIpc) is 2.20. The van der Waals surface area contributed by atoms with Crippen molar-refractivity contribution in [2.24, 2.45) is 5.73 Å². The fourth-order valence-electron chi connectivity index (χ4n) is 1.46. The Hall–Kier alpha value is -0.380. The van der Waals surface area contributed by atoms with Gasteiger partial charge in [0.05, 0.1) is 6.61 Å². The Kier molecular flexibility index (Phi) is 8.94. The highest BCUT2D eigenvalue weighted by Gasteiger charge is 2.10. The summed E-state index contributed by atoms with van der Waals surface area (Å²) in [6.45, 7) is 9.44. The first-order valence-electron chi connectivity index (χ1n) is 5.30. The van der Waals surface area contributed by atoms with Gasteiger partial charge in [-0.25, -0.2) is 0 Å². The molecule has 0 bridgehead atoms. The van der Waals surface area contributed by atoms with Gasteiger partial charge in [0.15, 0.2) is 0 Å². The molecule has 0 heterocycles. The molecule has 2 N–H and O–H groups in total. The van der Waals surface area contributed by atoms with Gasteiger partial charge >= 0.3 is 0 Å². The van der Waals surface area contributed by atoms with E-state index in [4.69, 9.17) is 10.5 Å². The van der Waals surface area contributed by atoms with Gasteiger partial charge in [-0.1, -0.05) is 6.08 Å². The molecule has 0 aliphatic rings. The van der Waals surface area contributed by atoms with Gasteiger partial charge in [-0.15, -0.1) is 6.58 Å². The maximum absolute atomic E-state index is 5.49. The van der Waals surface area contributed by atoms with Crippen LogP contribution in [0.3, 0.4) is 0 Å². The molecule has 84 valence electrons. The molecule has 0 rings (SSSR count). The van der Waals surface area contributed by atoms with E-state index in [1.165, 1.54) is 0 Å². The van der Waals surface area contributed by atoms with Crippen molar-refractivity contribution in [3.8, 4) is 0 Å². The summed E-state index contributed by atoms with van der Waals surface area (Å²) >= 11 is 0. The second-order valence-corrected chi connectivity index (χ2v) is 3.56. The molecule has 0 aromatic rings. The largest absolute Gasteiger partial charge is 0.383 e. The first kappa shape index (κ1) is 13.6. The van der Waals surface area contributed by atoms with Gasteiger partial charge in [0.2, 0.25) is 0 Å². The Morgan fingerprint density at radius 1 is 1.57 bits per heavy atom. The van der Waals surface area contributed by atoms with Crippen molar-refractivity contribution < 1.29 is 4.74 Å². The number of ether oxygens (including phenoxy) is 1. The van der Waals surface area contributed by atoms with Crippen LogP contribution >= 0.6 is 0 Å². The topological polar surface area (TPSA) is 38.5 Å². The molecule has 0 amide bonds. The van der Waals surface area contributed by atoms with Crippen molar-refractivity contribution in [1.29, 1.82) is 0 Å². The van der Waals surface area contributed by atoms with Crippen molar-refractivity contribution in [2.45, 2.75) is 25.8 Å². The maximum atomic E-state index is 5.49. The smallest absolute Gasteiger partial charge is 0.0589 e. The summed E-state index contributed by atoms with van der Waals surface area (Å²) in [4.78, 5) is 2.37. The predicted molar refractivity (Wildman–Crippen MR) is 61.4 cm³/mol. The van der Waals surface area contributed by atoms with Crippen LogP contribution < -0.4 is 5.73 Å². The summed E-state index contributed by atoms with van der Waals surface area (Å²) < 4.78 is 5.07. The van der Waals surface area contributed by atoms with Crippen molar-refractivity contribution in [3.05, 3.63) is 12.7 Å². The van der Waals surface area contributed by atoms with Crippen molar-refractivity contribution in [1.82, 2.24) is 4.90 Å². The van der Waals surface area contributed by atoms with Gasteiger partial charge in [0.1, 0.15) is 0 Å². The number of methoxy groups -OCH3 is 1. The Morgan fingerprint density at radius 3 is 2.79 bits per heavy atom. The third-order valence-electron chi connectivity index (χ3n) is 2.40. The average molecular weight is 200 g/mol. The molecule has 0 fully saturated rings. The van der Waals surface area contributed by atoms with Crippen LogP contribution in [0.15, 0.2) is 12.7 Å². The van der Waals surface area contributed by atoms with Gasteiger partial charge in [0, 0.05) is 26.2 Å². The molecular formula is C11H24N2O. The molecule has 0 aliphatic carbocycles. The van der Waals surface area contributed by atoms with Crippen molar-refractivity contribution >= 4 is 0 Å². The SMILES string of the molecule is C=CCN(CCOC)C(C)CCCN. The Labute approximate surface area is 87.9 Å². The van der Waals surface area contributed by atoms with E-state index in [-0.39, 0.29) is 0 Å². The molecule has 0 aromatic heterocycles. The van der Waals surface area contributed by atoms with E-state index >= 15 is 0 Å². The zero-order valence-electron chi connectivity index (χ0n) is 9.54. The lowest BCUT2D eigenvalue weighted by atomic mass is 10.1. The molecule has 1 unspecified atom stereocenters. The molecule has 0 radical (unpaired) electrons. The lowest BCUT2D eigenvalue weighted by Crippen LogP contribution is -2.36. The van der Waals surface area contributed by atoms with Crippen LogP contribution in [0.4, 0.5) is 0 Å². The minimum Gasteiger partial charge on any atom is -0.383 e. The van der Waals surface area contributed by atoms with E-state index in [0.717, 1.165) is 39.1 Å². The lowest BCUT2D eigenvalue weighted by Gasteiger charge is -2.27.